The Labute approximate surface area is 166 Å². The number of halogens is 1. The molecule has 4 rings (SSSR count). The Balaban J connectivity index is 1.56. The van der Waals surface area contributed by atoms with Gasteiger partial charge in [-0.15, -0.1) is 0 Å². The minimum atomic E-state index is -0.174. The lowest BCUT2D eigenvalue weighted by atomic mass is 10.1. The first-order chi connectivity index (χ1) is 13.6. The molecule has 28 heavy (non-hydrogen) atoms. The summed E-state index contributed by atoms with van der Waals surface area (Å²) in [4.78, 5) is 18.7. The van der Waals surface area contributed by atoms with E-state index in [9.17, 15) is 4.79 Å². The number of nitrogens with zero attached hydrogens (tertiary/aromatic N) is 3. The fourth-order valence-corrected chi connectivity index (χ4v) is 3.41. The van der Waals surface area contributed by atoms with Crippen molar-refractivity contribution < 1.29 is 18.8 Å². The van der Waals surface area contributed by atoms with E-state index in [0.717, 1.165) is 11.3 Å². The molecule has 1 aliphatic rings. The van der Waals surface area contributed by atoms with Crippen LogP contribution in [0.15, 0.2) is 47.0 Å². The summed E-state index contributed by atoms with van der Waals surface area (Å²) in [6.07, 6.45) is 0.289. The molecule has 0 bridgehead atoms. The van der Waals surface area contributed by atoms with E-state index in [2.05, 4.69) is 10.1 Å². The number of aromatic nitrogens is 2. The van der Waals surface area contributed by atoms with Crippen molar-refractivity contribution in [2.45, 2.75) is 12.3 Å². The number of anilines is 1. The monoisotopic (exact) mass is 399 g/mol. The summed E-state index contributed by atoms with van der Waals surface area (Å²) >= 11 is 6.10. The van der Waals surface area contributed by atoms with E-state index in [-0.39, 0.29) is 18.2 Å². The molecule has 3 aromatic rings. The van der Waals surface area contributed by atoms with Gasteiger partial charge in [0, 0.05) is 29.5 Å². The van der Waals surface area contributed by atoms with Gasteiger partial charge in [0.25, 0.3) is 5.89 Å². The van der Waals surface area contributed by atoms with E-state index in [4.69, 9.17) is 25.6 Å². The van der Waals surface area contributed by atoms with Gasteiger partial charge in [-0.2, -0.15) is 4.98 Å². The fourth-order valence-electron chi connectivity index (χ4n) is 3.24. The highest BCUT2D eigenvalue weighted by Crippen LogP contribution is 2.37. The Morgan fingerprint density at radius 2 is 1.93 bits per heavy atom. The Hall–Kier alpha value is -3.06. The summed E-state index contributed by atoms with van der Waals surface area (Å²) < 4.78 is 15.9. The zero-order chi connectivity index (χ0) is 19.7. The van der Waals surface area contributed by atoms with Gasteiger partial charge in [0.2, 0.25) is 5.91 Å². The van der Waals surface area contributed by atoms with Gasteiger partial charge in [-0.05, 0) is 42.5 Å². The third kappa shape index (κ3) is 3.41. The van der Waals surface area contributed by atoms with Gasteiger partial charge in [-0.3, -0.25) is 4.79 Å². The molecule has 7 nitrogen and oxygen atoms in total. The van der Waals surface area contributed by atoms with Crippen LogP contribution >= 0.6 is 11.6 Å². The van der Waals surface area contributed by atoms with Gasteiger partial charge in [0.1, 0.15) is 11.5 Å². The number of benzene rings is 2. The molecule has 1 saturated heterocycles. The third-order valence-corrected chi connectivity index (χ3v) is 4.94. The fraction of sp³-hybridized carbons (Fsp3) is 0.250. The first-order valence-electron chi connectivity index (χ1n) is 8.71. The lowest BCUT2D eigenvalue weighted by Gasteiger charge is -2.19. The molecule has 1 fully saturated rings. The van der Waals surface area contributed by atoms with E-state index in [0.29, 0.717) is 34.7 Å². The number of hydrogen-bond donors (Lipinski definition) is 0. The lowest BCUT2D eigenvalue weighted by molar-refractivity contribution is -0.117. The smallest absolute Gasteiger partial charge is 0.257 e. The molecule has 1 aromatic heterocycles. The molecule has 1 atom stereocenters. The number of rotatable bonds is 5. The molecule has 0 spiro atoms. The maximum Gasteiger partial charge on any atom is 0.257 e. The van der Waals surface area contributed by atoms with Crippen LogP contribution in [0.5, 0.6) is 11.5 Å². The van der Waals surface area contributed by atoms with Gasteiger partial charge in [0.15, 0.2) is 5.82 Å². The molecule has 0 radical (unpaired) electrons. The lowest BCUT2D eigenvalue weighted by Crippen LogP contribution is -2.24. The maximum atomic E-state index is 12.6. The molecule has 1 unspecified atom stereocenters. The minimum Gasteiger partial charge on any atom is -0.497 e. The van der Waals surface area contributed by atoms with Crippen LogP contribution in [0.25, 0.3) is 11.5 Å². The quantitative estimate of drug-likeness (QED) is 0.647. The summed E-state index contributed by atoms with van der Waals surface area (Å²) in [5, 5.41) is 4.62. The van der Waals surface area contributed by atoms with Crippen molar-refractivity contribution in [2.24, 2.45) is 0 Å². The minimum absolute atomic E-state index is 0.0404. The summed E-state index contributed by atoms with van der Waals surface area (Å²) in [6, 6.07) is 12.5. The second kappa shape index (κ2) is 7.52. The van der Waals surface area contributed by atoms with E-state index >= 15 is 0 Å². The average molecular weight is 400 g/mol. The molecule has 144 valence electrons. The van der Waals surface area contributed by atoms with E-state index in [1.165, 1.54) is 0 Å². The molecular weight excluding hydrogens is 382 g/mol. The molecule has 1 aliphatic heterocycles. The molecule has 8 heteroatoms. The van der Waals surface area contributed by atoms with Crippen molar-refractivity contribution in [2.75, 3.05) is 25.7 Å². The summed E-state index contributed by atoms with van der Waals surface area (Å²) in [7, 11) is 3.17. The summed E-state index contributed by atoms with van der Waals surface area (Å²) in [6.45, 7) is 0.428. The van der Waals surface area contributed by atoms with Crippen LogP contribution < -0.4 is 14.4 Å². The van der Waals surface area contributed by atoms with E-state index < -0.39 is 0 Å². The standard InChI is InChI=1S/C20H18ClN3O4/c1-26-15-6-3-12(4-7-15)20-22-19(23-28-20)13-9-18(25)24(11-13)16-10-14(21)5-8-17(16)27-2/h3-8,10,13H,9,11H2,1-2H3. The Kier molecular flexibility index (Phi) is 4.92. The number of methoxy groups -OCH3 is 2. The average Bonchev–Trinajstić information content (AvgIpc) is 3.35. The van der Waals surface area contributed by atoms with E-state index in [1.807, 2.05) is 24.3 Å². The number of amides is 1. The Morgan fingerprint density at radius 1 is 1.14 bits per heavy atom. The van der Waals surface area contributed by atoms with Gasteiger partial charge in [-0.25, -0.2) is 0 Å². The highest BCUT2D eigenvalue weighted by Gasteiger charge is 2.36. The van der Waals surface area contributed by atoms with Crippen LogP contribution in [0.1, 0.15) is 18.2 Å². The number of carbonyl (C=O) groups excluding carboxylic acids is 1. The van der Waals surface area contributed by atoms with Gasteiger partial charge in [-0.1, -0.05) is 16.8 Å². The molecule has 1 amide bonds. The van der Waals surface area contributed by atoms with Crippen molar-refractivity contribution in [3.8, 4) is 23.0 Å². The van der Waals surface area contributed by atoms with Crippen molar-refractivity contribution in [1.29, 1.82) is 0 Å². The SMILES string of the molecule is COc1ccc(-c2nc(C3CC(=O)N(c4cc(Cl)ccc4OC)C3)no2)cc1. The summed E-state index contributed by atoms with van der Waals surface area (Å²) in [5.74, 6) is 2.03. The van der Waals surface area contributed by atoms with Gasteiger partial charge in [0.05, 0.1) is 19.9 Å². The molecule has 2 heterocycles. The van der Waals surface area contributed by atoms with Crippen LogP contribution in [0.2, 0.25) is 5.02 Å². The first-order valence-corrected chi connectivity index (χ1v) is 9.08. The Bertz CT molecular complexity index is 1000. The number of carbonyl (C=O) groups is 1. The molecule has 0 aliphatic carbocycles. The van der Waals surface area contributed by atoms with Crippen molar-refractivity contribution in [3.05, 3.63) is 53.3 Å². The zero-order valence-electron chi connectivity index (χ0n) is 15.4. The second-order valence-electron chi connectivity index (χ2n) is 6.41. The predicted octanol–water partition coefficient (Wildman–Crippen LogP) is 3.93. The molecule has 0 N–H and O–H groups in total. The third-order valence-electron chi connectivity index (χ3n) is 4.70. The van der Waals surface area contributed by atoms with Crippen molar-refractivity contribution in [1.82, 2.24) is 10.1 Å². The largest absolute Gasteiger partial charge is 0.497 e. The van der Waals surface area contributed by atoms with Crippen molar-refractivity contribution >= 4 is 23.2 Å². The number of ether oxygens (including phenoxy) is 2. The van der Waals surface area contributed by atoms with Crippen LogP contribution in [-0.4, -0.2) is 36.8 Å². The van der Waals surface area contributed by atoms with Crippen molar-refractivity contribution in [3.63, 3.8) is 0 Å². The van der Waals surface area contributed by atoms with Gasteiger partial charge < -0.3 is 18.9 Å². The summed E-state index contributed by atoms with van der Waals surface area (Å²) in [5.41, 5.74) is 1.43. The molecular formula is C20H18ClN3O4. The second-order valence-corrected chi connectivity index (χ2v) is 6.84. The van der Waals surface area contributed by atoms with E-state index in [1.54, 1.807) is 37.3 Å². The van der Waals surface area contributed by atoms with Gasteiger partial charge >= 0.3 is 0 Å². The first kappa shape index (κ1) is 18.3. The normalized spacial score (nSPS) is 16.5. The van der Waals surface area contributed by atoms with Crippen LogP contribution in [-0.2, 0) is 4.79 Å². The highest BCUT2D eigenvalue weighted by molar-refractivity contribution is 6.31. The maximum absolute atomic E-state index is 12.6. The topological polar surface area (TPSA) is 77.7 Å². The van der Waals surface area contributed by atoms with Crippen LogP contribution in [0.4, 0.5) is 5.69 Å². The molecule has 2 aromatic carbocycles. The highest BCUT2D eigenvalue weighted by atomic mass is 35.5. The predicted molar refractivity (Wildman–Crippen MR) is 104 cm³/mol. The zero-order valence-corrected chi connectivity index (χ0v) is 16.1. The Morgan fingerprint density at radius 3 is 2.64 bits per heavy atom. The molecule has 0 saturated carbocycles. The number of hydrogen-bond acceptors (Lipinski definition) is 6. The van der Waals surface area contributed by atoms with Crippen LogP contribution in [0, 0.1) is 0 Å². The van der Waals surface area contributed by atoms with Crippen LogP contribution in [0.3, 0.4) is 0 Å².